The van der Waals surface area contributed by atoms with Crippen LogP contribution in [0, 0.1) is 0 Å². The molecule has 0 fully saturated rings. The number of carbonyl (C=O) groups is 1. The maximum absolute atomic E-state index is 11.5. The third kappa shape index (κ3) is 3.89. The molecule has 0 aliphatic carbocycles. The van der Waals surface area contributed by atoms with Gasteiger partial charge in [0.15, 0.2) is 0 Å². The van der Waals surface area contributed by atoms with Crippen molar-refractivity contribution in [3.05, 3.63) is 28.7 Å². The zero-order valence-electron chi connectivity index (χ0n) is 8.40. The number of hydrogen-bond donors (Lipinski definition) is 2. The first-order valence-corrected chi connectivity index (χ1v) is 5.31. The number of amides is 2. The topological polar surface area (TPSA) is 52.6 Å². The molecule has 1 rings (SSSR count). The van der Waals surface area contributed by atoms with Crippen LogP contribution in [0.3, 0.4) is 0 Å². The second-order valence-electron chi connectivity index (χ2n) is 3.08. The van der Waals surface area contributed by atoms with Crippen LogP contribution in [0.25, 0.3) is 0 Å². The van der Waals surface area contributed by atoms with Gasteiger partial charge in [0.05, 0.1) is 6.61 Å². The Bertz CT molecular complexity index is 327. The van der Waals surface area contributed by atoms with Gasteiger partial charge in [0, 0.05) is 23.8 Å². The summed E-state index contributed by atoms with van der Waals surface area (Å²) < 4.78 is 0.962. The lowest BCUT2D eigenvalue weighted by Gasteiger charge is -2.16. The molecule has 0 aromatic heterocycles. The van der Waals surface area contributed by atoms with E-state index in [4.69, 9.17) is 5.11 Å². The van der Waals surface area contributed by atoms with Crippen LogP contribution in [-0.2, 0) is 0 Å². The van der Waals surface area contributed by atoms with Crippen molar-refractivity contribution in [1.82, 2.24) is 4.90 Å². The molecule has 1 aromatic rings. The van der Waals surface area contributed by atoms with E-state index in [0.717, 1.165) is 10.2 Å². The number of benzene rings is 1. The number of likely N-dealkylation sites (N-methyl/N-ethyl adjacent to an activating group) is 1. The predicted molar refractivity (Wildman–Crippen MR) is 62.9 cm³/mol. The minimum absolute atomic E-state index is 0.0374. The van der Waals surface area contributed by atoms with Crippen LogP contribution < -0.4 is 5.32 Å². The van der Waals surface area contributed by atoms with Crippen LogP contribution in [0.15, 0.2) is 28.7 Å². The molecule has 0 saturated heterocycles. The highest BCUT2D eigenvalue weighted by Gasteiger charge is 2.06. The van der Waals surface area contributed by atoms with Crippen molar-refractivity contribution < 1.29 is 9.90 Å². The highest BCUT2D eigenvalue weighted by atomic mass is 79.9. The van der Waals surface area contributed by atoms with E-state index < -0.39 is 0 Å². The van der Waals surface area contributed by atoms with E-state index in [1.54, 1.807) is 19.2 Å². The van der Waals surface area contributed by atoms with Crippen molar-refractivity contribution in [3.8, 4) is 0 Å². The Kier molecular flexibility index (Phi) is 4.58. The largest absolute Gasteiger partial charge is 0.395 e. The van der Waals surface area contributed by atoms with E-state index in [1.807, 2.05) is 12.1 Å². The average Bonchev–Trinajstić information content (AvgIpc) is 2.22. The van der Waals surface area contributed by atoms with E-state index in [2.05, 4.69) is 21.2 Å². The molecule has 82 valence electrons. The van der Waals surface area contributed by atoms with Gasteiger partial charge in [-0.25, -0.2) is 4.79 Å². The maximum Gasteiger partial charge on any atom is 0.321 e. The molecule has 0 radical (unpaired) electrons. The summed E-state index contributed by atoms with van der Waals surface area (Å²) in [4.78, 5) is 12.9. The zero-order valence-corrected chi connectivity index (χ0v) is 9.99. The Morgan fingerprint density at radius 3 is 2.60 bits per heavy atom. The molecular formula is C10H13BrN2O2. The van der Waals surface area contributed by atoms with E-state index >= 15 is 0 Å². The number of urea groups is 1. The number of aliphatic hydroxyl groups excluding tert-OH is 1. The summed E-state index contributed by atoms with van der Waals surface area (Å²) in [5.74, 6) is 0. The van der Waals surface area contributed by atoms with E-state index in [1.165, 1.54) is 4.90 Å². The zero-order chi connectivity index (χ0) is 11.3. The van der Waals surface area contributed by atoms with E-state index in [0.29, 0.717) is 6.54 Å². The van der Waals surface area contributed by atoms with Gasteiger partial charge < -0.3 is 15.3 Å². The first-order valence-electron chi connectivity index (χ1n) is 4.52. The van der Waals surface area contributed by atoms with Crippen LogP contribution in [0.1, 0.15) is 0 Å². The number of carbonyl (C=O) groups excluding carboxylic acids is 1. The number of nitrogens with one attached hydrogen (secondary N) is 1. The van der Waals surface area contributed by atoms with Crippen molar-refractivity contribution in [1.29, 1.82) is 0 Å². The Labute approximate surface area is 97.0 Å². The summed E-state index contributed by atoms with van der Waals surface area (Å²) in [5.41, 5.74) is 0.730. The highest BCUT2D eigenvalue weighted by molar-refractivity contribution is 9.10. The van der Waals surface area contributed by atoms with E-state index in [-0.39, 0.29) is 12.6 Å². The molecule has 15 heavy (non-hydrogen) atoms. The van der Waals surface area contributed by atoms with Crippen LogP contribution in [0.4, 0.5) is 10.5 Å². The number of anilines is 1. The summed E-state index contributed by atoms with van der Waals surface area (Å²) in [6, 6.07) is 7.07. The molecule has 0 spiro atoms. The number of hydrogen-bond acceptors (Lipinski definition) is 2. The summed E-state index contributed by atoms with van der Waals surface area (Å²) >= 11 is 3.31. The van der Waals surface area contributed by atoms with Crippen LogP contribution in [0.5, 0.6) is 0 Å². The lowest BCUT2D eigenvalue weighted by Crippen LogP contribution is -2.33. The summed E-state index contributed by atoms with van der Waals surface area (Å²) in [7, 11) is 1.63. The molecule has 4 nitrogen and oxygen atoms in total. The molecule has 0 unspecified atom stereocenters. The second-order valence-corrected chi connectivity index (χ2v) is 4.00. The molecule has 0 heterocycles. The average molecular weight is 273 g/mol. The molecular weight excluding hydrogens is 260 g/mol. The molecule has 0 aliphatic heterocycles. The fraction of sp³-hybridized carbons (Fsp3) is 0.300. The molecule has 0 bridgehead atoms. The quantitative estimate of drug-likeness (QED) is 0.883. The van der Waals surface area contributed by atoms with Crippen molar-refractivity contribution in [2.45, 2.75) is 0 Å². The number of halogens is 1. The van der Waals surface area contributed by atoms with Gasteiger partial charge in [-0.05, 0) is 24.3 Å². The summed E-state index contributed by atoms with van der Waals surface area (Å²) in [6.07, 6.45) is 0. The SMILES string of the molecule is CN(CCO)C(=O)Nc1ccc(Br)cc1. The Hall–Kier alpha value is -1.07. The van der Waals surface area contributed by atoms with Gasteiger partial charge >= 0.3 is 6.03 Å². The van der Waals surface area contributed by atoms with Crippen molar-refractivity contribution in [2.24, 2.45) is 0 Å². The lowest BCUT2D eigenvalue weighted by molar-refractivity contribution is 0.202. The number of rotatable bonds is 3. The first kappa shape index (κ1) is 12.0. The molecule has 1 aromatic carbocycles. The number of nitrogens with zero attached hydrogens (tertiary/aromatic N) is 1. The Balaban J connectivity index is 2.54. The minimum atomic E-state index is -0.230. The number of aliphatic hydroxyl groups is 1. The maximum atomic E-state index is 11.5. The Morgan fingerprint density at radius 2 is 2.07 bits per heavy atom. The van der Waals surface area contributed by atoms with Gasteiger partial charge in [0.25, 0.3) is 0 Å². The van der Waals surface area contributed by atoms with Gasteiger partial charge in [0.1, 0.15) is 0 Å². The minimum Gasteiger partial charge on any atom is -0.395 e. The third-order valence-electron chi connectivity index (χ3n) is 1.88. The molecule has 0 aliphatic rings. The fourth-order valence-corrected chi connectivity index (χ4v) is 1.27. The summed E-state index contributed by atoms with van der Waals surface area (Å²) in [5, 5.41) is 11.4. The first-order chi connectivity index (χ1) is 7.13. The molecule has 2 N–H and O–H groups in total. The molecule has 0 saturated carbocycles. The lowest BCUT2D eigenvalue weighted by atomic mass is 10.3. The van der Waals surface area contributed by atoms with Gasteiger partial charge in [-0.15, -0.1) is 0 Å². The fourth-order valence-electron chi connectivity index (χ4n) is 1.00. The van der Waals surface area contributed by atoms with Crippen molar-refractivity contribution >= 4 is 27.6 Å². The monoisotopic (exact) mass is 272 g/mol. The standard InChI is InChI=1S/C10H13BrN2O2/c1-13(6-7-14)10(15)12-9-4-2-8(11)3-5-9/h2-5,14H,6-7H2,1H3,(H,12,15). The van der Waals surface area contributed by atoms with Gasteiger partial charge in [-0.2, -0.15) is 0 Å². The summed E-state index contributed by atoms with van der Waals surface area (Å²) in [6.45, 7) is 0.284. The normalized spacial score (nSPS) is 9.80. The van der Waals surface area contributed by atoms with Gasteiger partial charge in [-0.1, -0.05) is 15.9 Å². The molecule has 5 heteroatoms. The van der Waals surface area contributed by atoms with Gasteiger partial charge in [0.2, 0.25) is 0 Å². The molecule has 0 atom stereocenters. The van der Waals surface area contributed by atoms with Crippen molar-refractivity contribution in [3.63, 3.8) is 0 Å². The van der Waals surface area contributed by atoms with Crippen LogP contribution >= 0.6 is 15.9 Å². The molecule has 2 amide bonds. The third-order valence-corrected chi connectivity index (χ3v) is 2.41. The second kappa shape index (κ2) is 5.72. The van der Waals surface area contributed by atoms with E-state index in [9.17, 15) is 4.79 Å². The highest BCUT2D eigenvalue weighted by Crippen LogP contribution is 2.14. The van der Waals surface area contributed by atoms with Crippen LogP contribution in [0.2, 0.25) is 0 Å². The van der Waals surface area contributed by atoms with Gasteiger partial charge in [-0.3, -0.25) is 0 Å². The smallest absolute Gasteiger partial charge is 0.321 e. The Morgan fingerprint density at radius 1 is 1.47 bits per heavy atom. The predicted octanol–water partition coefficient (Wildman–Crippen LogP) is 1.91. The van der Waals surface area contributed by atoms with Crippen LogP contribution in [-0.4, -0.2) is 36.2 Å². The van der Waals surface area contributed by atoms with Crippen molar-refractivity contribution in [2.75, 3.05) is 25.5 Å².